The monoisotopic (exact) mass is 293 g/mol. The number of methoxy groups -OCH3 is 1. The summed E-state index contributed by atoms with van der Waals surface area (Å²) in [7, 11) is 1.43. The van der Waals surface area contributed by atoms with Crippen molar-refractivity contribution in [3.8, 4) is 11.5 Å². The van der Waals surface area contributed by atoms with Crippen LogP contribution in [0.15, 0.2) is 23.3 Å². The van der Waals surface area contributed by atoms with Crippen LogP contribution in [0, 0.1) is 0 Å². The van der Waals surface area contributed by atoms with Crippen LogP contribution in [0.3, 0.4) is 0 Å². The summed E-state index contributed by atoms with van der Waals surface area (Å²) in [6.45, 7) is 4.50. The van der Waals surface area contributed by atoms with Crippen LogP contribution in [0.25, 0.3) is 0 Å². The average molecular weight is 293 g/mol. The van der Waals surface area contributed by atoms with E-state index in [1.807, 2.05) is 0 Å². The lowest BCUT2D eigenvalue weighted by Gasteiger charge is -2.16. The Labute approximate surface area is 123 Å². The minimum absolute atomic E-state index is 0.00963. The highest BCUT2D eigenvalue weighted by Gasteiger charge is 2.18. The Hall–Kier alpha value is -2.57. The molecule has 7 nitrogen and oxygen atoms in total. The van der Waals surface area contributed by atoms with E-state index in [0.29, 0.717) is 24.4 Å². The Morgan fingerprint density at radius 1 is 1.38 bits per heavy atom. The van der Waals surface area contributed by atoms with Gasteiger partial charge in [-0.2, -0.15) is 5.10 Å². The van der Waals surface area contributed by atoms with E-state index in [1.165, 1.54) is 24.3 Å². The van der Waals surface area contributed by atoms with Crippen molar-refractivity contribution < 1.29 is 19.4 Å². The molecule has 1 aromatic carbocycles. The Kier molecular flexibility index (Phi) is 6.19. The fourth-order valence-electron chi connectivity index (χ4n) is 1.64. The van der Waals surface area contributed by atoms with Gasteiger partial charge in [-0.25, -0.2) is 5.43 Å². The van der Waals surface area contributed by atoms with E-state index in [2.05, 4.69) is 10.5 Å². The van der Waals surface area contributed by atoms with Crippen LogP contribution in [0.1, 0.15) is 19.4 Å². The number of aromatic hydroxyl groups is 1. The highest BCUT2D eigenvalue weighted by atomic mass is 16.5. The summed E-state index contributed by atoms with van der Waals surface area (Å²) >= 11 is 0. The number of ether oxygens (including phenoxy) is 1. The number of likely N-dealkylation sites (N-methyl/N-ethyl adjacent to an activating group) is 1. The molecular weight excluding hydrogens is 274 g/mol. The number of hydrogen-bond donors (Lipinski definition) is 2. The molecule has 0 aliphatic carbocycles. The number of amides is 2. The number of carbonyl (C=O) groups is 2. The van der Waals surface area contributed by atoms with Crippen molar-refractivity contribution in [1.82, 2.24) is 10.3 Å². The van der Waals surface area contributed by atoms with Crippen LogP contribution < -0.4 is 10.2 Å². The highest BCUT2D eigenvalue weighted by Crippen LogP contribution is 2.25. The summed E-state index contributed by atoms with van der Waals surface area (Å²) in [6.07, 6.45) is 1.36. The van der Waals surface area contributed by atoms with Crippen LogP contribution in [0.2, 0.25) is 0 Å². The first-order chi connectivity index (χ1) is 10.0. The largest absolute Gasteiger partial charge is 0.504 e. The van der Waals surface area contributed by atoms with Gasteiger partial charge in [0.15, 0.2) is 11.5 Å². The van der Waals surface area contributed by atoms with Gasteiger partial charge >= 0.3 is 11.8 Å². The first-order valence-electron chi connectivity index (χ1n) is 6.52. The number of nitrogens with one attached hydrogen (secondary N) is 1. The molecule has 2 amide bonds. The van der Waals surface area contributed by atoms with Crippen molar-refractivity contribution in [1.29, 1.82) is 0 Å². The van der Waals surface area contributed by atoms with E-state index in [1.54, 1.807) is 26.0 Å². The third-order valence-electron chi connectivity index (χ3n) is 2.83. The lowest BCUT2D eigenvalue weighted by atomic mass is 10.2. The van der Waals surface area contributed by atoms with Crippen LogP contribution in [0.5, 0.6) is 11.5 Å². The topological polar surface area (TPSA) is 91.2 Å². The van der Waals surface area contributed by atoms with Crippen LogP contribution in [-0.4, -0.2) is 48.2 Å². The molecule has 0 aromatic heterocycles. The molecule has 1 rings (SSSR count). The molecule has 114 valence electrons. The molecule has 0 fully saturated rings. The molecule has 0 saturated heterocycles. The second-order valence-electron chi connectivity index (χ2n) is 4.11. The smallest absolute Gasteiger partial charge is 0.329 e. The molecule has 2 N–H and O–H groups in total. The van der Waals surface area contributed by atoms with Gasteiger partial charge in [-0.15, -0.1) is 0 Å². The second-order valence-corrected chi connectivity index (χ2v) is 4.11. The molecule has 0 aliphatic rings. The average Bonchev–Trinajstić information content (AvgIpc) is 2.49. The first kappa shape index (κ1) is 16.5. The lowest BCUT2D eigenvalue weighted by molar-refractivity contribution is -0.145. The fraction of sp³-hybridized carbons (Fsp3) is 0.357. The quantitative estimate of drug-likeness (QED) is 0.475. The van der Waals surface area contributed by atoms with Crippen LogP contribution in [-0.2, 0) is 9.59 Å². The van der Waals surface area contributed by atoms with Gasteiger partial charge in [-0.05, 0) is 37.6 Å². The third kappa shape index (κ3) is 4.48. The predicted octanol–water partition coefficient (Wildman–Crippen LogP) is 0.719. The van der Waals surface area contributed by atoms with Gasteiger partial charge in [-0.3, -0.25) is 9.59 Å². The number of benzene rings is 1. The zero-order valence-corrected chi connectivity index (χ0v) is 12.3. The Bertz CT molecular complexity index is 539. The zero-order chi connectivity index (χ0) is 15.8. The van der Waals surface area contributed by atoms with Gasteiger partial charge in [0.2, 0.25) is 0 Å². The Balaban J connectivity index is 2.66. The summed E-state index contributed by atoms with van der Waals surface area (Å²) in [5, 5.41) is 13.2. The lowest BCUT2D eigenvalue weighted by Crippen LogP contribution is -2.41. The maximum atomic E-state index is 11.7. The van der Waals surface area contributed by atoms with Crippen molar-refractivity contribution in [3.05, 3.63) is 23.8 Å². The maximum absolute atomic E-state index is 11.7. The third-order valence-corrected chi connectivity index (χ3v) is 2.83. The number of hydrazone groups is 1. The number of carbonyl (C=O) groups excluding carboxylic acids is 2. The molecule has 21 heavy (non-hydrogen) atoms. The summed E-state index contributed by atoms with van der Waals surface area (Å²) in [6, 6.07) is 4.60. The predicted molar refractivity (Wildman–Crippen MR) is 78.3 cm³/mol. The molecule has 0 spiro atoms. The summed E-state index contributed by atoms with van der Waals surface area (Å²) in [5.74, 6) is -1.11. The molecule has 0 saturated carbocycles. The fourth-order valence-corrected chi connectivity index (χ4v) is 1.64. The number of rotatable bonds is 5. The Morgan fingerprint density at radius 3 is 2.62 bits per heavy atom. The van der Waals surface area contributed by atoms with Gasteiger partial charge in [0.05, 0.1) is 13.3 Å². The van der Waals surface area contributed by atoms with Gasteiger partial charge in [0.1, 0.15) is 0 Å². The van der Waals surface area contributed by atoms with Crippen molar-refractivity contribution in [2.45, 2.75) is 13.8 Å². The van der Waals surface area contributed by atoms with E-state index >= 15 is 0 Å². The molecule has 0 bridgehead atoms. The number of hydrogen-bond acceptors (Lipinski definition) is 5. The molecule has 1 aromatic rings. The van der Waals surface area contributed by atoms with E-state index in [9.17, 15) is 14.7 Å². The van der Waals surface area contributed by atoms with E-state index in [-0.39, 0.29) is 5.75 Å². The van der Waals surface area contributed by atoms with Crippen LogP contribution >= 0.6 is 0 Å². The van der Waals surface area contributed by atoms with Crippen LogP contribution in [0.4, 0.5) is 0 Å². The van der Waals surface area contributed by atoms with E-state index < -0.39 is 11.8 Å². The number of nitrogens with zero attached hydrogens (tertiary/aromatic N) is 2. The molecular formula is C14H19N3O4. The molecule has 0 unspecified atom stereocenters. The number of phenols is 1. The number of phenolic OH excluding ortho intramolecular Hbond substituents is 1. The SMILES string of the molecule is CCN(CC)C(=O)C(=O)NN=Cc1ccc(O)c(OC)c1. The first-order valence-corrected chi connectivity index (χ1v) is 6.52. The standard InChI is InChI=1S/C14H19N3O4/c1-4-17(5-2)14(20)13(19)16-15-9-10-6-7-11(18)12(8-10)21-3/h6-9,18H,4-5H2,1-3H3,(H,16,19). The maximum Gasteiger partial charge on any atom is 0.329 e. The minimum atomic E-state index is -0.791. The summed E-state index contributed by atoms with van der Waals surface area (Å²) in [5.41, 5.74) is 2.78. The van der Waals surface area contributed by atoms with Gasteiger partial charge < -0.3 is 14.7 Å². The molecule has 0 aliphatic heterocycles. The molecule has 0 radical (unpaired) electrons. The van der Waals surface area contributed by atoms with E-state index in [0.717, 1.165) is 0 Å². The second kappa shape index (κ2) is 7.88. The summed E-state index contributed by atoms with van der Waals surface area (Å²) in [4.78, 5) is 24.7. The van der Waals surface area contributed by atoms with E-state index in [4.69, 9.17) is 4.74 Å². The molecule has 0 atom stereocenters. The van der Waals surface area contributed by atoms with Crippen molar-refractivity contribution in [2.24, 2.45) is 5.10 Å². The van der Waals surface area contributed by atoms with Gasteiger partial charge in [-0.1, -0.05) is 0 Å². The zero-order valence-electron chi connectivity index (χ0n) is 12.3. The molecule has 7 heteroatoms. The molecule has 0 heterocycles. The normalized spacial score (nSPS) is 10.4. The summed E-state index contributed by atoms with van der Waals surface area (Å²) < 4.78 is 4.95. The van der Waals surface area contributed by atoms with Gasteiger partial charge in [0, 0.05) is 13.1 Å². The Morgan fingerprint density at radius 2 is 2.05 bits per heavy atom. The minimum Gasteiger partial charge on any atom is -0.504 e. The van der Waals surface area contributed by atoms with Crippen molar-refractivity contribution in [2.75, 3.05) is 20.2 Å². The van der Waals surface area contributed by atoms with Crippen molar-refractivity contribution in [3.63, 3.8) is 0 Å². The van der Waals surface area contributed by atoms with Gasteiger partial charge in [0.25, 0.3) is 0 Å². The highest BCUT2D eigenvalue weighted by molar-refractivity contribution is 6.34. The van der Waals surface area contributed by atoms with Crippen molar-refractivity contribution >= 4 is 18.0 Å².